The van der Waals surface area contributed by atoms with Gasteiger partial charge in [-0.2, -0.15) is 0 Å². The fourth-order valence-corrected chi connectivity index (χ4v) is 2.53. The highest BCUT2D eigenvalue weighted by atomic mass is 16.3. The molecule has 1 aromatic carbocycles. The maximum absolute atomic E-state index is 11.8. The second-order valence-electron chi connectivity index (χ2n) is 5.44. The number of nitrogens with one attached hydrogen (secondary N) is 2. The van der Waals surface area contributed by atoms with Gasteiger partial charge in [0.2, 0.25) is 5.91 Å². The first-order valence-electron chi connectivity index (χ1n) is 7.49. The second kappa shape index (κ2) is 8.02. The Morgan fingerprint density at radius 2 is 2.05 bits per heavy atom. The molecule has 0 aromatic heterocycles. The summed E-state index contributed by atoms with van der Waals surface area (Å²) in [5.41, 5.74) is 1.38. The van der Waals surface area contributed by atoms with Crippen LogP contribution in [0.1, 0.15) is 31.2 Å². The number of β-amino-alcohol motifs (C(OH)–C–C–N with tert-alkyl or cyclic N) is 1. The van der Waals surface area contributed by atoms with E-state index in [1.807, 2.05) is 6.07 Å². The number of hydrogen-bond donors (Lipinski definition) is 3. The fourth-order valence-electron chi connectivity index (χ4n) is 2.53. The van der Waals surface area contributed by atoms with Gasteiger partial charge in [0.25, 0.3) is 0 Å². The van der Waals surface area contributed by atoms with E-state index < -0.39 is 0 Å². The Morgan fingerprint density at radius 3 is 2.75 bits per heavy atom. The van der Waals surface area contributed by atoms with Gasteiger partial charge < -0.3 is 15.7 Å². The van der Waals surface area contributed by atoms with Crippen molar-refractivity contribution >= 4 is 5.91 Å². The van der Waals surface area contributed by atoms with Crippen molar-refractivity contribution in [3.63, 3.8) is 0 Å². The van der Waals surface area contributed by atoms with Gasteiger partial charge in [-0.3, -0.25) is 4.79 Å². The lowest BCUT2D eigenvalue weighted by Gasteiger charge is -2.10. The SMILES string of the molecule is O=C(NCCCCCc1ccccc1)C1CC(O)CN1. The number of aryl methyl sites for hydroxylation is 1. The lowest BCUT2D eigenvalue weighted by molar-refractivity contribution is -0.122. The number of benzene rings is 1. The van der Waals surface area contributed by atoms with Crippen LogP contribution in [0.15, 0.2) is 30.3 Å². The van der Waals surface area contributed by atoms with Crippen LogP contribution in [-0.2, 0) is 11.2 Å². The van der Waals surface area contributed by atoms with E-state index >= 15 is 0 Å². The predicted molar refractivity (Wildman–Crippen MR) is 79.4 cm³/mol. The summed E-state index contributed by atoms with van der Waals surface area (Å²) >= 11 is 0. The minimum Gasteiger partial charge on any atom is -0.392 e. The van der Waals surface area contributed by atoms with Crippen LogP contribution in [0, 0.1) is 0 Å². The van der Waals surface area contributed by atoms with Crippen LogP contribution >= 0.6 is 0 Å². The summed E-state index contributed by atoms with van der Waals surface area (Å²) in [6.45, 7) is 1.25. The molecule has 1 aliphatic heterocycles. The average molecular weight is 276 g/mol. The van der Waals surface area contributed by atoms with Crippen molar-refractivity contribution in [2.75, 3.05) is 13.1 Å². The molecule has 1 fully saturated rings. The minimum atomic E-state index is -0.378. The molecule has 0 aliphatic carbocycles. The maximum atomic E-state index is 11.8. The van der Waals surface area contributed by atoms with Gasteiger partial charge in [0.05, 0.1) is 12.1 Å². The molecule has 1 saturated heterocycles. The third-order valence-electron chi connectivity index (χ3n) is 3.71. The van der Waals surface area contributed by atoms with E-state index in [9.17, 15) is 9.90 Å². The van der Waals surface area contributed by atoms with Crippen molar-refractivity contribution in [1.29, 1.82) is 0 Å². The largest absolute Gasteiger partial charge is 0.392 e. The highest BCUT2D eigenvalue weighted by Gasteiger charge is 2.27. The zero-order valence-corrected chi connectivity index (χ0v) is 11.8. The summed E-state index contributed by atoms with van der Waals surface area (Å²) in [6.07, 6.45) is 4.53. The van der Waals surface area contributed by atoms with Crippen LogP contribution < -0.4 is 10.6 Å². The third kappa shape index (κ3) is 4.94. The molecule has 1 amide bonds. The molecule has 0 saturated carbocycles. The molecule has 20 heavy (non-hydrogen) atoms. The topological polar surface area (TPSA) is 61.4 Å². The van der Waals surface area contributed by atoms with Crippen molar-refractivity contribution in [3.05, 3.63) is 35.9 Å². The summed E-state index contributed by atoms with van der Waals surface area (Å²) < 4.78 is 0. The van der Waals surface area contributed by atoms with Crippen LogP contribution in [0.3, 0.4) is 0 Å². The molecule has 2 unspecified atom stereocenters. The van der Waals surface area contributed by atoms with Gasteiger partial charge in [0, 0.05) is 13.1 Å². The van der Waals surface area contributed by atoms with Gasteiger partial charge in [-0.15, -0.1) is 0 Å². The van der Waals surface area contributed by atoms with Crippen LogP contribution in [0.5, 0.6) is 0 Å². The Kier molecular flexibility index (Phi) is 6.02. The van der Waals surface area contributed by atoms with E-state index in [0.717, 1.165) is 32.2 Å². The Hall–Kier alpha value is -1.39. The molecule has 4 heteroatoms. The van der Waals surface area contributed by atoms with Gasteiger partial charge in [0.1, 0.15) is 0 Å². The minimum absolute atomic E-state index is 0.0182. The molecule has 0 radical (unpaired) electrons. The first kappa shape index (κ1) is 15.0. The van der Waals surface area contributed by atoms with Crippen molar-refractivity contribution in [1.82, 2.24) is 10.6 Å². The zero-order chi connectivity index (χ0) is 14.2. The molecule has 0 spiro atoms. The Bertz CT molecular complexity index is 408. The summed E-state index contributed by atoms with van der Waals surface area (Å²) in [5.74, 6) is 0.0182. The van der Waals surface area contributed by atoms with Gasteiger partial charge >= 0.3 is 0 Å². The number of aliphatic hydroxyl groups excluding tert-OH is 1. The number of carbonyl (C=O) groups is 1. The summed E-state index contributed by atoms with van der Waals surface area (Å²) in [6, 6.07) is 10.3. The third-order valence-corrected chi connectivity index (χ3v) is 3.71. The smallest absolute Gasteiger partial charge is 0.237 e. The van der Waals surface area contributed by atoms with Gasteiger partial charge in [-0.1, -0.05) is 36.8 Å². The molecule has 1 heterocycles. The van der Waals surface area contributed by atoms with E-state index in [2.05, 4.69) is 34.9 Å². The number of rotatable bonds is 7. The number of aliphatic hydroxyl groups is 1. The van der Waals surface area contributed by atoms with Crippen LogP contribution in [0.25, 0.3) is 0 Å². The monoisotopic (exact) mass is 276 g/mol. The summed E-state index contributed by atoms with van der Waals surface area (Å²) in [4.78, 5) is 11.8. The van der Waals surface area contributed by atoms with Crippen molar-refractivity contribution in [2.45, 2.75) is 44.2 Å². The lowest BCUT2D eigenvalue weighted by Crippen LogP contribution is -2.40. The first-order chi connectivity index (χ1) is 9.75. The first-order valence-corrected chi connectivity index (χ1v) is 7.49. The van der Waals surface area contributed by atoms with Crippen LogP contribution in [0.2, 0.25) is 0 Å². The number of hydrogen-bond acceptors (Lipinski definition) is 3. The highest BCUT2D eigenvalue weighted by molar-refractivity contribution is 5.82. The fraction of sp³-hybridized carbons (Fsp3) is 0.562. The Morgan fingerprint density at radius 1 is 1.25 bits per heavy atom. The second-order valence-corrected chi connectivity index (χ2v) is 5.44. The molecule has 3 N–H and O–H groups in total. The Labute approximate surface area is 120 Å². The summed E-state index contributed by atoms with van der Waals surface area (Å²) in [5, 5.41) is 15.3. The van der Waals surface area contributed by atoms with Gasteiger partial charge in [-0.05, 0) is 31.2 Å². The predicted octanol–water partition coefficient (Wildman–Crippen LogP) is 1.24. The van der Waals surface area contributed by atoms with Crippen molar-refractivity contribution < 1.29 is 9.90 Å². The van der Waals surface area contributed by atoms with E-state index in [4.69, 9.17) is 0 Å². The van der Waals surface area contributed by atoms with Crippen molar-refractivity contribution in [2.24, 2.45) is 0 Å². The lowest BCUT2D eigenvalue weighted by atomic mass is 10.1. The number of carbonyl (C=O) groups excluding carboxylic acids is 1. The maximum Gasteiger partial charge on any atom is 0.237 e. The number of unbranched alkanes of at least 4 members (excludes halogenated alkanes) is 2. The van der Waals surface area contributed by atoms with Crippen LogP contribution in [-0.4, -0.2) is 36.2 Å². The molecule has 110 valence electrons. The molecular weight excluding hydrogens is 252 g/mol. The molecule has 4 nitrogen and oxygen atoms in total. The van der Waals surface area contributed by atoms with E-state index in [0.29, 0.717) is 13.0 Å². The van der Waals surface area contributed by atoms with Gasteiger partial charge in [-0.25, -0.2) is 0 Å². The molecule has 0 bridgehead atoms. The quantitative estimate of drug-likeness (QED) is 0.657. The van der Waals surface area contributed by atoms with Crippen molar-refractivity contribution in [3.8, 4) is 0 Å². The number of amides is 1. The molecule has 1 aromatic rings. The van der Waals surface area contributed by atoms with E-state index in [1.54, 1.807) is 0 Å². The van der Waals surface area contributed by atoms with Crippen LogP contribution in [0.4, 0.5) is 0 Å². The Balaban J connectivity index is 1.50. The van der Waals surface area contributed by atoms with E-state index in [-0.39, 0.29) is 18.1 Å². The molecular formula is C16H24N2O2. The standard InChI is InChI=1S/C16H24N2O2/c19-14-11-15(18-12-14)16(20)17-10-6-2-5-9-13-7-3-1-4-8-13/h1,3-4,7-8,14-15,18-19H,2,5-6,9-12H2,(H,17,20). The van der Waals surface area contributed by atoms with E-state index in [1.165, 1.54) is 5.56 Å². The summed E-state index contributed by atoms with van der Waals surface area (Å²) in [7, 11) is 0. The normalized spacial score (nSPS) is 21.9. The average Bonchev–Trinajstić information content (AvgIpc) is 2.90. The zero-order valence-electron chi connectivity index (χ0n) is 11.8. The van der Waals surface area contributed by atoms with Gasteiger partial charge in [0.15, 0.2) is 0 Å². The molecule has 2 atom stereocenters. The molecule has 2 rings (SSSR count). The highest BCUT2D eigenvalue weighted by Crippen LogP contribution is 2.07. The molecule has 1 aliphatic rings.